The summed E-state index contributed by atoms with van der Waals surface area (Å²) in [6.07, 6.45) is 2.94. The molecule has 0 bridgehead atoms. The number of aryl methyl sites for hydroxylation is 1. The second-order valence-corrected chi connectivity index (χ2v) is 5.34. The smallest absolute Gasteiger partial charge is 0.303 e. The Labute approximate surface area is 106 Å². The van der Waals surface area contributed by atoms with Crippen LogP contribution in [0.3, 0.4) is 0 Å². The lowest BCUT2D eigenvalue weighted by Gasteiger charge is -2.18. The first-order valence-electron chi connectivity index (χ1n) is 5.97. The molecule has 1 heterocycles. The zero-order valence-corrected chi connectivity index (χ0v) is 10.6. The van der Waals surface area contributed by atoms with E-state index < -0.39 is 5.97 Å². The van der Waals surface area contributed by atoms with Crippen molar-refractivity contribution in [1.29, 1.82) is 0 Å². The minimum Gasteiger partial charge on any atom is -0.481 e. The maximum Gasteiger partial charge on any atom is 0.303 e. The molecule has 92 valence electrons. The summed E-state index contributed by atoms with van der Waals surface area (Å²) in [5, 5.41) is 12.0. The second kappa shape index (κ2) is 5.96. The zero-order chi connectivity index (χ0) is 12.1. The third kappa shape index (κ3) is 3.66. The van der Waals surface area contributed by atoms with Crippen molar-refractivity contribution < 1.29 is 9.90 Å². The van der Waals surface area contributed by atoms with Gasteiger partial charge in [-0.15, -0.1) is 11.8 Å². The SMILES string of the molecule is O=C(O)CCCCc1ccc2c(c1)NCCS2. The number of carboxylic acids is 1. The molecule has 0 aromatic heterocycles. The van der Waals surface area contributed by atoms with Crippen molar-refractivity contribution >= 4 is 23.4 Å². The molecular formula is C13H17NO2S. The normalized spacial score (nSPS) is 13.9. The maximum absolute atomic E-state index is 10.4. The highest BCUT2D eigenvalue weighted by Gasteiger charge is 2.09. The summed E-state index contributed by atoms with van der Waals surface area (Å²) in [7, 11) is 0. The molecule has 2 N–H and O–H groups in total. The van der Waals surface area contributed by atoms with Crippen LogP contribution in [0.2, 0.25) is 0 Å². The predicted octanol–water partition coefficient (Wildman–Crippen LogP) is 3.00. The van der Waals surface area contributed by atoms with E-state index in [1.807, 2.05) is 11.8 Å². The number of unbranched alkanes of at least 4 members (excludes halogenated alkanes) is 1. The van der Waals surface area contributed by atoms with Crippen LogP contribution < -0.4 is 5.32 Å². The van der Waals surface area contributed by atoms with E-state index in [4.69, 9.17) is 5.11 Å². The quantitative estimate of drug-likeness (QED) is 0.790. The lowest BCUT2D eigenvalue weighted by atomic mass is 10.1. The molecule has 1 aliphatic rings. The van der Waals surface area contributed by atoms with E-state index in [1.54, 1.807) is 0 Å². The average molecular weight is 251 g/mol. The lowest BCUT2D eigenvalue weighted by Crippen LogP contribution is -2.10. The highest BCUT2D eigenvalue weighted by atomic mass is 32.2. The summed E-state index contributed by atoms with van der Waals surface area (Å²) in [6, 6.07) is 6.51. The van der Waals surface area contributed by atoms with E-state index in [9.17, 15) is 4.79 Å². The van der Waals surface area contributed by atoms with Gasteiger partial charge < -0.3 is 10.4 Å². The van der Waals surface area contributed by atoms with E-state index in [1.165, 1.54) is 16.1 Å². The molecule has 0 radical (unpaired) electrons. The maximum atomic E-state index is 10.4. The molecule has 17 heavy (non-hydrogen) atoms. The molecule has 0 saturated heterocycles. The second-order valence-electron chi connectivity index (χ2n) is 4.21. The van der Waals surface area contributed by atoms with Gasteiger partial charge in [0.05, 0.1) is 0 Å². The Morgan fingerprint density at radius 3 is 3.12 bits per heavy atom. The number of aliphatic carboxylic acids is 1. The zero-order valence-electron chi connectivity index (χ0n) is 9.74. The van der Waals surface area contributed by atoms with Gasteiger partial charge in [-0.05, 0) is 37.0 Å². The number of nitrogens with one attached hydrogen (secondary N) is 1. The third-order valence-corrected chi connectivity index (χ3v) is 3.90. The first-order valence-corrected chi connectivity index (χ1v) is 6.95. The molecule has 0 aliphatic carbocycles. The van der Waals surface area contributed by atoms with Crippen molar-refractivity contribution in [3.8, 4) is 0 Å². The molecule has 1 aromatic carbocycles. The number of rotatable bonds is 5. The van der Waals surface area contributed by atoms with Crippen LogP contribution in [0.25, 0.3) is 0 Å². The molecule has 1 aromatic rings. The van der Waals surface area contributed by atoms with E-state index in [0.29, 0.717) is 0 Å². The van der Waals surface area contributed by atoms with Gasteiger partial charge in [0.15, 0.2) is 0 Å². The Hall–Kier alpha value is -1.16. The minimum absolute atomic E-state index is 0.277. The number of hydrogen-bond donors (Lipinski definition) is 2. The first-order chi connectivity index (χ1) is 8.25. The molecule has 0 spiro atoms. The monoisotopic (exact) mass is 251 g/mol. The number of hydrogen-bond acceptors (Lipinski definition) is 3. The highest BCUT2D eigenvalue weighted by molar-refractivity contribution is 7.99. The number of thioether (sulfide) groups is 1. The van der Waals surface area contributed by atoms with Gasteiger partial charge >= 0.3 is 5.97 Å². The molecule has 2 rings (SSSR count). The fourth-order valence-corrected chi connectivity index (χ4v) is 2.82. The number of carboxylic acid groups (broad SMARTS) is 1. The fraction of sp³-hybridized carbons (Fsp3) is 0.462. The van der Waals surface area contributed by atoms with Crippen molar-refractivity contribution in [3.63, 3.8) is 0 Å². The number of carbonyl (C=O) groups is 1. The van der Waals surface area contributed by atoms with Crippen LogP contribution in [0, 0.1) is 0 Å². The molecule has 0 unspecified atom stereocenters. The van der Waals surface area contributed by atoms with Crippen LogP contribution in [-0.2, 0) is 11.2 Å². The topological polar surface area (TPSA) is 49.3 Å². The van der Waals surface area contributed by atoms with Gasteiger partial charge in [-0.3, -0.25) is 4.79 Å². The van der Waals surface area contributed by atoms with Crippen molar-refractivity contribution in [2.24, 2.45) is 0 Å². The summed E-state index contributed by atoms with van der Waals surface area (Å²) in [5.74, 6) is 0.429. The molecule has 0 fully saturated rings. The highest BCUT2D eigenvalue weighted by Crippen LogP contribution is 2.31. The van der Waals surface area contributed by atoms with Crippen LogP contribution in [0.1, 0.15) is 24.8 Å². The van der Waals surface area contributed by atoms with Crippen molar-refractivity contribution in [2.45, 2.75) is 30.6 Å². The third-order valence-electron chi connectivity index (χ3n) is 2.83. The van der Waals surface area contributed by atoms with E-state index in [-0.39, 0.29) is 6.42 Å². The molecular weight excluding hydrogens is 234 g/mol. The van der Waals surface area contributed by atoms with E-state index in [2.05, 4.69) is 23.5 Å². The van der Waals surface area contributed by atoms with Crippen molar-refractivity contribution in [1.82, 2.24) is 0 Å². The van der Waals surface area contributed by atoms with Gasteiger partial charge in [-0.2, -0.15) is 0 Å². The standard InChI is InChI=1S/C13H17NO2S/c15-13(16)4-2-1-3-10-5-6-12-11(9-10)14-7-8-17-12/h5-6,9,14H,1-4,7-8H2,(H,15,16). The van der Waals surface area contributed by atoms with Gasteiger partial charge in [0.2, 0.25) is 0 Å². The van der Waals surface area contributed by atoms with Crippen LogP contribution >= 0.6 is 11.8 Å². The fourth-order valence-electron chi connectivity index (χ4n) is 1.95. The summed E-state index contributed by atoms with van der Waals surface area (Å²) < 4.78 is 0. The van der Waals surface area contributed by atoms with Gasteiger partial charge in [0.25, 0.3) is 0 Å². The molecule has 3 nitrogen and oxygen atoms in total. The summed E-state index contributed by atoms with van der Waals surface area (Å²) in [5.41, 5.74) is 2.53. The Kier molecular flexibility index (Phi) is 4.31. The van der Waals surface area contributed by atoms with Crippen LogP contribution in [0.15, 0.2) is 23.1 Å². The van der Waals surface area contributed by atoms with Gasteiger partial charge in [-0.1, -0.05) is 6.07 Å². The first kappa shape index (κ1) is 12.3. The molecule has 0 amide bonds. The summed E-state index contributed by atoms with van der Waals surface area (Å²) in [4.78, 5) is 11.7. The number of benzene rings is 1. The number of fused-ring (bicyclic) bond motifs is 1. The minimum atomic E-state index is -0.700. The summed E-state index contributed by atoms with van der Waals surface area (Å²) in [6.45, 7) is 1.03. The van der Waals surface area contributed by atoms with Crippen LogP contribution in [0.4, 0.5) is 5.69 Å². The molecule has 1 aliphatic heterocycles. The lowest BCUT2D eigenvalue weighted by molar-refractivity contribution is -0.137. The largest absolute Gasteiger partial charge is 0.481 e. The predicted molar refractivity (Wildman–Crippen MR) is 70.8 cm³/mol. The van der Waals surface area contributed by atoms with Crippen molar-refractivity contribution in [3.05, 3.63) is 23.8 Å². The Morgan fingerprint density at radius 1 is 1.41 bits per heavy atom. The molecule has 0 saturated carbocycles. The van der Waals surface area contributed by atoms with Gasteiger partial charge in [0.1, 0.15) is 0 Å². The number of anilines is 1. The average Bonchev–Trinajstić information content (AvgIpc) is 2.34. The Bertz CT molecular complexity index is 406. The molecule has 0 atom stereocenters. The van der Waals surface area contributed by atoms with Gasteiger partial charge in [-0.25, -0.2) is 0 Å². The van der Waals surface area contributed by atoms with E-state index >= 15 is 0 Å². The van der Waals surface area contributed by atoms with E-state index in [0.717, 1.165) is 31.6 Å². The Balaban J connectivity index is 1.86. The summed E-state index contributed by atoms with van der Waals surface area (Å²) >= 11 is 1.89. The van der Waals surface area contributed by atoms with Crippen LogP contribution in [-0.4, -0.2) is 23.4 Å². The van der Waals surface area contributed by atoms with Gasteiger partial charge in [0, 0.05) is 29.3 Å². The Morgan fingerprint density at radius 2 is 2.29 bits per heavy atom. The van der Waals surface area contributed by atoms with Crippen molar-refractivity contribution in [2.75, 3.05) is 17.6 Å². The molecule has 4 heteroatoms. The van der Waals surface area contributed by atoms with Crippen LogP contribution in [0.5, 0.6) is 0 Å².